The number of hydrogen-bond donors (Lipinski definition) is 5. The van der Waals surface area contributed by atoms with E-state index >= 15 is 0 Å². The number of imidazole rings is 1. The molecule has 0 bridgehead atoms. The van der Waals surface area contributed by atoms with Crippen molar-refractivity contribution in [1.82, 2.24) is 34.4 Å². The van der Waals surface area contributed by atoms with Crippen LogP contribution in [0.25, 0.3) is 11.2 Å². The van der Waals surface area contributed by atoms with E-state index in [1.165, 1.54) is 12.7 Å². The third-order valence-electron chi connectivity index (χ3n) is 5.62. The highest BCUT2D eigenvalue weighted by Crippen LogP contribution is 2.32. The number of nitrogens with one attached hydrogen (secondary N) is 1. The van der Waals surface area contributed by atoms with E-state index in [-0.39, 0.29) is 5.82 Å². The molecule has 4 rings (SSSR count). The van der Waals surface area contributed by atoms with Crippen molar-refractivity contribution < 1.29 is 14.9 Å². The van der Waals surface area contributed by atoms with Crippen LogP contribution in [0.2, 0.25) is 0 Å². The van der Waals surface area contributed by atoms with Crippen molar-refractivity contribution in [1.29, 1.82) is 0 Å². The molecule has 1 fully saturated rings. The lowest BCUT2D eigenvalue weighted by atomic mass is 10.1. The summed E-state index contributed by atoms with van der Waals surface area (Å²) in [6, 6.07) is 1.77. The first-order chi connectivity index (χ1) is 16.1. The standard InChI is InChI=1S/C20H30N10O3/c21-4-1-8-29(9-3-7-25-20-23-5-2-6-24-20)10-13-15(31)16(32)19(33-13)30-12-28-14-17(22)26-11-27-18(14)30/h2,5-6,11-13,15-16,19,31-32H,1,3-4,7-10,21H2,(H2,22,26,27)(H,23,24,25)/t13-,15-,16-,19-/m1/s1. The number of aliphatic hydroxyl groups excluding tert-OH is 2. The molecule has 0 aromatic carbocycles. The second-order valence-electron chi connectivity index (χ2n) is 7.92. The normalized spacial score (nSPS) is 22.9. The predicted molar refractivity (Wildman–Crippen MR) is 121 cm³/mol. The fraction of sp³-hybridized carbons (Fsp3) is 0.550. The highest BCUT2D eigenvalue weighted by molar-refractivity contribution is 5.81. The van der Waals surface area contributed by atoms with Gasteiger partial charge >= 0.3 is 0 Å². The summed E-state index contributed by atoms with van der Waals surface area (Å²) in [7, 11) is 0. The molecule has 0 unspecified atom stereocenters. The van der Waals surface area contributed by atoms with Gasteiger partial charge in [0, 0.05) is 25.5 Å². The van der Waals surface area contributed by atoms with Crippen LogP contribution in [-0.2, 0) is 4.74 Å². The first-order valence-electron chi connectivity index (χ1n) is 11.0. The van der Waals surface area contributed by atoms with Gasteiger partial charge in [0.1, 0.15) is 30.2 Å². The lowest BCUT2D eigenvalue weighted by molar-refractivity contribution is -0.0441. The van der Waals surface area contributed by atoms with Gasteiger partial charge in [0.15, 0.2) is 17.7 Å². The molecular formula is C20H30N10O3. The molecule has 0 saturated carbocycles. The minimum atomic E-state index is -1.14. The van der Waals surface area contributed by atoms with Gasteiger partial charge in [-0.25, -0.2) is 24.9 Å². The van der Waals surface area contributed by atoms with Gasteiger partial charge in [-0.05, 0) is 38.5 Å². The van der Waals surface area contributed by atoms with Crippen LogP contribution >= 0.6 is 0 Å². The molecular weight excluding hydrogens is 428 g/mol. The maximum Gasteiger partial charge on any atom is 0.222 e. The third-order valence-corrected chi connectivity index (χ3v) is 5.62. The first kappa shape index (κ1) is 23.2. The van der Waals surface area contributed by atoms with Gasteiger partial charge in [-0.15, -0.1) is 0 Å². The van der Waals surface area contributed by atoms with Gasteiger partial charge < -0.3 is 36.6 Å². The summed E-state index contributed by atoms with van der Waals surface area (Å²) in [6.07, 6.45) is 4.20. The molecule has 4 heterocycles. The van der Waals surface area contributed by atoms with Gasteiger partial charge in [-0.1, -0.05) is 0 Å². The van der Waals surface area contributed by atoms with Crippen LogP contribution in [-0.4, -0.2) is 95.6 Å². The smallest absolute Gasteiger partial charge is 0.222 e. The number of aliphatic hydroxyl groups is 2. The number of nitrogens with two attached hydrogens (primary N) is 2. The van der Waals surface area contributed by atoms with Crippen LogP contribution in [0.1, 0.15) is 19.1 Å². The second kappa shape index (κ2) is 10.8. The number of rotatable bonds is 11. The van der Waals surface area contributed by atoms with E-state index in [9.17, 15) is 10.2 Å². The van der Waals surface area contributed by atoms with E-state index in [2.05, 4.69) is 35.1 Å². The fourth-order valence-corrected chi connectivity index (χ4v) is 3.92. The molecule has 1 aliphatic heterocycles. The zero-order chi connectivity index (χ0) is 23.2. The molecule has 0 radical (unpaired) electrons. The van der Waals surface area contributed by atoms with E-state index in [1.807, 2.05) is 0 Å². The lowest BCUT2D eigenvalue weighted by Crippen LogP contribution is -2.41. The van der Waals surface area contributed by atoms with Crippen LogP contribution in [0.4, 0.5) is 11.8 Å². The van der Waals surface area contributed by atoms with Crippen molar-refractivity contribution in [3.8, 4) is 0 Å². The summed E-state index contributed by atoms with van der Waals surface area (Å²) < 4.78 is 7.66. The lowest BCUT2D eigenvalue weighted by Gasteiger charge is -2.26. The maximum atomic E-state index is 10.7. The molecule has 0 aliphatic carbocycles. The Labute approximate surface area is 190 Å². The summed E-state index contributed by atoms with van der Waals surface area (Å²) in [5.41, 5.74) is 12.4. The Balaban J connectivity index is 1.37. The van der Waals surface area contributed by atoms with Crippen molar-refractivity contribution in [2.45, 2.75) is 37.4 Å². The van der Waals surface area contributed by atoms with Crippen molar-refractivity contribution in [2.24, 2.45) is 5.73 Å². The summed E-state index contributed by atoms with van der Waals surface area (Å²) in [5.74, 6) is 0.828. The number of aromatic nitrogens is 6. The number of ether oxygens (including phenoxy) is 1. The Hall–Kier alpha value is -2.97. The maximum absolute atomic E-state index is 10.7. The highest BCUT2D eigenvalue weighted by Gasteiger charge is 2.44. The Bertz CT molecular complexity index is 1020. The molecule has 3 aromatic rings. The van der Waals surface area contributed by atoms with Gasteiger partial charge in [-0.2, -0.15) is 0 Å². The SMILES string of the molecule is NCCCN(CCCNc1ncccn1)C[C@H]1O[C@@H](n2cnc3c(N)ncnc32)[C@H](O)[C@@H]1O. The van der Waals surface area contributed by atoms with E-state index in [1.54, 1.807) is 23.0 Å². The summed E-state index contributed by atoms with van der Waals surface area (Å²) in [6.45, 7) is 3.22. The quantitative estimate of drug-likeness (QED) is 0.220. The van der Waals surface area contributed by atoms with Crippen LogP contribution in [0.15, 0.2) is 31.1 Å². The molecule has 0 amide bonds. The number of nitrogen functional groups attached to an aromatic ring is 1. The Morgan fingerprint density at radius 1 is 1.06 bits per heavy atom. The number of fused-ring (bicyclic) bond motifs is 1. The van der Waals surface area contributed by atoms with Crippen molar-refractivity contribution >= 4 is 22.9 Å². The largest absolute Gasteiger partial charge is 0.387 e. The van der Waals surface area contributed by atoms with E-state index < -0.39 is 24.5 Å². The van der Waals surface area contributed by atoms with Gasteiger partial charge in [0.25, 0.3) is 0 Å². The van der Waals surface area contributed by atoms with E-state index in [4.69, 9.17) is 16.2 Å². The van der Waals surface area contributed by atoms with Crippen LogP contribution in [0.5, 0.6) is 0 Å². The molecule has 1 saturated heterocycles. The first-order valence-corrected chi connectivity index (χ1v) is 11.0. The van der Waals surface area contributed by atoms with E-state index in [0.29, 0.717) is 36.7 Å². The number of nitrogens with zero attached hydrogens (tertiary/aromatic N) is 7. The van der Waals surface area contributed by atoms with Gasteiger partial charge in [0.05, 0.1) is 6.33 Å². The Morgan fingerprint density at radius 3 is 2.64 bits per heavy atom. The van der Waals surface area contributed by atoms with Gasteiger partial charge in [-0.3, -0.25) is 4.57 Å². The molecule has 13 nitrogen and oxygen atoms in total. The molecule has 3 aromatic heterocycles. The monoisotopic (exact) mass is 458 g/mol. The molecule has 1 aliphatic rings. The average molecular weight is 459 g/mol. The number of hydrogen-bond acceptors (Lipinski definition) is 12. The highest BCUT2D eigenvalue weighted by atomic mass is 16.6. The van der Waals surface area contributed by atoms with Crippen molar-refractivity contribution in [3.05, 3.63) is 31.1 Å². The zero-order valence-corrected chi connectivity index (χ0v) is 18.2. The van der Waals surface area contributed by atoms with Gasteiger partial charge in [0.2, 0.25) is 5.95 Å². The Morgan fingerprint density at radius 2 is 1.85 bits per heavy atom. The van der Waals surface area contributed by atoms with Crippen LogP contribution in [0.3, 0.4) is 0 Å². The predicted octanol–water partition coefficient (Wildman–Crippen LogP) is -1.03. The molecule has 4 atom stereocenters. The summed E-state index contributed by atoms with van der Waals surface area (Å²) in [5, 5.41) is 24.6. The molecule has 7 N–H and O–H groups in total. The topological polar surface area (TPSA) is 186 Å². The third kappa shape index (κ3) is 5.34. The zero-order valence-electron chi connectivity index (χ0n) is 18.2. The second-order valence-corrected chi connectivity index (χ2v) is 7.92. The van der Waals surface area contributed by atoms with Crippen molar-refractivity contribution in [2.75, 3.05) is 43.8 Å². The van der Waals surface area contributed by atoms with E-state index in [0.717, 1.165) is 25.9 Å². The fourth-order valence-electron chi connectivity index (χ4n) is 3.92. The molecule has 178 valence electrons. The molecule has 0 spiro atoms. The Kier molecular flexibility index (Phi) is 7.57. The minimum absolute atomic E-state index is 0.241. The minimum Gasteiger partial charge on any atom is -0.387 e. The summed E-state index contributed by atoms with van der Waals surface area (Å²) >= 11 is 0. The average Bonchev–Trinajstić information content (AvgIpc) is 3.38. The number of anilines is 2. The van der Waals surface area contributed by atoms with Crippen molar-refractivity contribution in [3.63, 3.8) is 0 Å². The van der Waals surface area contributed by atoms with Crippen LogP contribution in [0, 0.1) is 0 Å². The van der Waals surface area contributed by atoms with Crippen LogP contribution < -0.4 is 16.8 Å². The molecule has 13 heteroatoms. The molecule has 33 heavy (non-hydrogen) atoms. The summed E-state index contributed by atoms with van der Waals surface area (Å²) in [4.78, 5) is 22.8.